The highest BCUT2D eigenvalue weighted by molar-refractivity contribution is 5.94. The van der Waals surface area contributed by atoms with E-state index in [1.165, 1.54) is 0 Å². The molecule has 1 heterocycles. The van der Waals surface area contributed by atoms with Gasteiger partial charge >= 0.3 is 0 Å². The Kier molecular flexibility index (Phi) is 5.71. The summed E-state index contributed by atoms with van der Waals surface area (Å²) >= 11 is 0. The van der Waals surface area contributed by atoms with Crippen LogP contribution >= 0.6 is 0 Å². The van der Waals surface area contributed by atoms with Crippen LogP contribution in [-0.2, 0) is 17.9 Å². The minimum absolute atomic E-state index is 0.107. The second-order valence-corrected chi connectivity index (χ2v) is 8.87. The summed E-state index contributed by atoms with van der Waals surface area (Å²) in [5.41, 5.74) is 2.83. The Hall–Kier alpha value is -2.41. The number of benzene rings is 1. The number of nitrogens with zero attached hydrogens (tertiary/aromatic N) is 3. The highest BCUT2D eigenvalue weighted by Crippen LogP contribution is 2.28. The highest BCUT2D eigenvalue weighted by atomic mass is 16.1. The summed E-state index contributed by atoms with van der Waals surface area (Å²) in [5.74, 6) is 0.149. The molecule has 0 N–H and O–H groups in total. The normalized spacial score (nSPS) is 13.0. The Morgan fingerprint density at radius 1 is 1.15 bits per heavy atom. The molecule has 0 atom stereocenters. The third-order valence-electron chi connectivity index (χ3n) is 4.59. The van der Waals surface area contributed by atoms with Gasteiger partial charge in [-0.3, -0.25) is 4.79 Å². The lowest BCUT2D eigenvalue weighted by Gasteiger charge is -2.23. The number of rotatable bonds is 5. The van der Waals surface area contributed by atoms with Crippen molar-refractivity contribution in [2.75, 3.05) is 0 Å². The van der Waals surface area contributed by atoms with E-state index in [1.807, 2.05) is 39.0 Å². The molecule has 0 unspecified atom stereocenters. The van der Waals surface area contributed by atoms with Crippen LogP contribution in [0.25, 0.3) is 11.0 Å². The molecule has 0 saturated heterocycles. The predicted octanol–water partition coefficient (Wildman–Crippen LogP) is 4.43. The summed E-state index contributed by atoms with van der Waals surface area (Å²) in [6.45, 7) is 13.6. The molecule has 26 heavy (non-hydrogen) atoms. The molecule has 2 aromatic rings. The van der Waals surface area contributed by atoms with Crippen molar-refractivity contribution in [1.29, 1.82) is 5.26 Å². The minimum atomic E-state index is -0.387. The number of aromatic nitrogens is 2. The lowest BCUT2D eigenvalue weighted by atomic mass is 9.82. The number of fused-ring (bicyclic) bond motifs is 1. The van der Waals surface area contributed by atoms with Gasteiger partial charge in [-0.2, -0.15) is 5.26 Å². The highest BCUT2D eigenvalue weighted by Gasteiger charge is 2.26. The fraction of sp³-hybridized carbons (Fsp3) is 0.500. The first-order valence-corrected chi connectivity index (χ1v) is 9.14. The molecule has 0 aliphatic heterocycles. The number of aryl methyl sites for hydroxylation is 1. The van der Waals surface area contributed by atoms with Crippen LogP contribution < -0.4 is 4.57 Å². The number of para-hydroxylation sites is 2. The molecule has 4 nitrogen and oxygen atoms in total. The zero-order valence-electron chi connectivity index (χ0n) is 16.8. The van der Waals surface area contributed by atoms with E-state index < -0.39 is 0 Å². The Bertz CT molecular complexity index is 867. The van der Waals surface area contributed by atoms with Gasteiger partial charge in [0.1, 0.15) is 13.1 Å². The average molecular weight is 353 g/mol. The number of carbonyl (C=O) groups is 1. The minimum Gasteiger partial charge on any atom is -0.294 e. The van der Waals surface area contributed by atoms with E-state index in [2.05, 4.69) is 54.4 Å². The SMILES string of the molecule is CC(C)(C)C(=O)/C=C(\C[n+]1cn(CCC#N)c2ccccc21)C(C)(C)C. The molecule has 0 fully saturated rings. The first kappa shape index (κ1) is 19.9. The van der Waals surface area contributed by atoms with Crippen molar-refractivity contribution < 1.29 is 9.36 Å². The van der Waals surface area contributed by atoms with Crippen molar-refractivity contribution in [2.45, 2.75) is 61.1 Å². The predicted molar refractivity (Wildman–Crippen MR) is 104 cm³/mol. The summed E-state index contributed by atoms with van der Waals surface area (Å²) in [4.78, 5) is 12.6. The van der Waals surface area contributed by atoms with Crippen molar-refractivity contribution >= 4 is 16.8 Å². The maximum absolute atomic E-state index is 12.6. The second kappa shape index (κ2) is 7.45. The van der Waals surface area contributed by atoms with E-state index in [0.717, 1.165) is 16.6 Å². The average Bonchev–Trinajstić information content (AvgIpc) is 2.88. The molecule has 0 aliphatic carbocycles. The molecule has 0 saturated carbocycles. The van der Waals surface area contributed by atoms with Gasteiger partial charge < -0.3 is 0 Å². The first-order chi connectivity index (χ1) is 12.0. The standard InChI is InChI=1S/C22H30N3O/c1-21(2,3)17(14-20(26)22(4,5)6)15-25-16-24(13-9-12-23)18-10-7-8-11-19(18)25/h7-8,10-11,14,16H,9,13,15H2,1-6H3/q+1/b17-14+. The largest absolute Gasteiger partial charge is 0.294 e. The number of nitriles is 1. The fourth-order valence-electron chi connectivity index (χ4n) is 2.77. The number of allylic oxidation sites excluding steroid dienone is 2. The molecule has 4 heteroatoms. The molecular weight excluding hydrogens is 322 g/mol. The van der Waals surface area contributed by atoms with E-state index in [0.29, 0.717) is 19.5 Å². The molecular formula is C22H30N3O+. The Labute approximate surface area is 156 Å². The van der Waals surface area contributed by atoms with Gasteiger partial charge in [-0.1, -0.05) is 53.7 Å². The summed E-state index contributed by atoms with van der Waals surface area (Å²) in [6.07, 6.45) is 4.36. The van der Waals surface area contributed by atoms with Gasteiger partial charge in [0.05, 0.1) is 12.5 Å². The molecule has 1 aromatic heterocycles. The van der Waals surface area contributed by atoms with E-state index >= 15 is 0 Å². The zero-order chi connectivity index (χ0) is 19.5. The molecule has 0 radical (unpaired) electrons. The summed E-state index contributed by atoms with van der Waals surface area (Å²) in [6, 6.07) is 10.4. The summed E-state index contributed by atoms with van der Waals surface area (Å²) < 4.78 is 4.30. The van der Waals surface area contributed by atoms with E-state index in [4.69, 9.17) is 5.26 Å². The van der Waals surface area contributed by atoms with Crippen LogP contribution in [0, 0.1) is 22.2 Å². The van der Waals surface area contributed by atoms with Crippen molar-refractivity contribution in [1.82, 2.24) is 4.57 Å². The topological polar surface area (TPSA) is 49.7 Å². The van der Waals surface area contributed by atoms with E-state index in [1.54, 1.807) is 0 Å². The van der Waals surface area contributed by atoms with Crippen molar-refractivity contribution in [3.63, 3.8) is 0 Å². The first-order valence-electron chi connectivity index (χ1n) is 9.14. The lowest BCUT2D eigenvalue weighted by Crippen LogP contribution is -2.37. The van der Waals surface area contributed by atoms with E-state index in [-0.39, 0.29) is 16.6 Å². The van der Waals surface area contributed by atoms with Gasteiger partial charge in [-0.05, 0) is 29.2 Å². The van der Waals surface area contributed by atoms with Crippen molar-refractivity contribution in [3.05, 3.63) is 42.2 Å². The smallest absolute Gasteiger partial charge is 0.245 e. The maximum Gasteiger partial charge on any atom is 0.245 e. The third kappa shape index (κ3) is 4.60. The molecule has 0 amide bonds. The van der Waals surface area contributed by atoms with Gasteiger partial charge in [0, 0.05) is 5.41 Å². The van der Waals surface area contributed by atoms with E-state index in [9.17, 15) is 4.79 Å². The number of hydrogen-bond donors (Lipinski definition) is 0. The quantitative estimate of drug-likeness (QED) is 0.590. The maximum atomic E-state index is 12.6. The number of ketones is 1. The van der Waals surface area contributed by atoms with Crippen LogP contribution in [0.4, 0.5) is 0 Å². The van der Waals surface area contributed by atoms with Gasteiger partial charge in [0.25, 0.3) is 0 Å². The fourth-order valence-corrected chi connectivity index (χ4v) is 2.77. The molecule has 2 rings (SSSR count). The van der Waals surface area contributed by atoms with Gasteiger partial charge in [-0.15, -0.1) is 0 Å². The van der Waals surface area contributed by atoms with Crippen LogP contribution in [-0.4, -0.2) is 10.4 Å². The number of hydrogen-bond acceptors (Lipinski definition) is 2. The van der Waals surface area contributed by atoms with Crippen molar-refractivity contribution in [2.24, 2.45) is 10.8 Å². The summed E-state index contributed by atoms with van der Waals surface area (Å²) in [5, 5.41) is 8.92. The summed E-state index contributed by atoms with van der Waals surface area (Å²) in [7, 11) is 0. The van der Waals surface area contributed by atoms with Gasteiger partial charge in [-0.25, -0.2) is 9.13 Å². The number of imidazole rings is 1. The van der Waals surface area contributed by atoms with Crippen LogP contribution in [0.3, 0.4) is 0 Å². The third-order valence-corrected chi connectivity index (χ3v) is 4.59. The van der Waals surface area contributed by atoms with Crippen LogP contribution in [0.15, 0.2) is 42.2 Å². The number of carbonyl (C=O) groups excluding carboxylic acids is 1. The van der Waals surface area contributed by atoms with Gasteiger partial charge in [0.15, 0.2) is 16.8 Å². The molecule has 138 valence electrons. The Morgan fingerprint density at radius 2 is 1.81 bits per heavy atom. The molecule has 1 aromatic carbocycles. The van der Waals surface area contributed by atoms with Gasteiger partial charge in [0.2, 0.25) is 6.33 Å². The Morgan fingerprint density at radius 3 is 2.38 bits per heavy atom. The monoisotopic (exact) mass is 352 g/mol. The molecule has 0 bridgehead atoms. The molecule has 0 aliphatic rings. The van der Waals surface area contributed by atoms with Crippen molar-refractivity contribution in [3.8, 4) is 6.07 Å². The van der Waals surface area contributed by atoms with Crippen LogP contribution in [0.5, 0.6) is 0 Å². The lowest BCUT2D eigenvalue weighted by molar-refractivity contribution is -0.665. The zero-order valence-corrected chi connectivity index (χ0v) is 16.8. The molecule has 0 spiro atoms. The Balaban J connectivity index is 2.48. The van der Waals surface area contributed by atoms with Crippen LogP contribution in [0.1, 0.15) is 48.0 Å². The van der Waals surface area contributed by atoms with Crippen LogP contribution in [0.2, 0.25) is 0 Å². The second-order valence-electron chi connectivity index (χ2n) is 8.87.